The van der Waals surface area contributed by atoms with Crippen LogP contribution in [-0.4, -0.2) is 51.9 Å². The van der Waals surface area contributed by atoms with Gasteiger partial charge in [-0.05, 0) is 44.2 Å². The smallest absolute Gasteiger partial charge is 0.416 e. The summed E-state index contributed by atoms with van der Waals surface area (Å²) in [7, 11) is 0. The van der Waals surface area contributed by atoms with Crippen LogP contribution in [0, 0.1) is 23.7 Å². The summed E-state index contributed by atoms with van der Waals surface area (Å²) in [5, 5.41) is 13.7. The molecule has 3 fully saturated rings. The number of rotatable bonds is 2. The Morgan fingerprint density at radius 3 is 2.56 bits per heavy atom. The molecule has 1 unspecified atom stereocenters. The van der Waals surface area contributed by atoms with E-state index in [0.717, 1.165) is 17.9 Å². The Bertz CT molecular complexity index is 1130. The second kappa shape index (κ2) is 8.56. The van der Waals surface area contributed by atoms with Crippen LogP contribution in [0.25, 0.3) is 0 Å². The molecule has 1 spiro atoms. The van der Waals surface area contributed by atoms with E-state index in [2.05, 4.69) is 5.32 Å². The molecule has 192 valence electrons. The van der Waals surface area contributed by atoms with E-state index in [1.807, 2.05) is 56.3 Å². The summed E-state index contributed by atoms with van der Waals surface area (Å²) >= 11 is 0. The minimum Gasteiger partial charge on any atom is -0.416 e. The molecule has 4 aliphatic rings. The summed E-state index contributed by atoms with van der Waals surface area (Å²) in [5.41, 5.74) is -2.76. The van der Waals surface area contributed by atoms with Gasteiger partial charge in [0.05, 0.1) is 23.9 Å². The average Bonchev–Trinajstić information content (AvgIpc) is 3.45. The molecule has 1 aromatic carbocycles. The fraction of sp³-hybridized carbons (Fsp3) is 0.536. The number of carbonyl (C=O) groups is 3. The summed E-state index contributed by atoms with van der Waals surface area (Å²) in [5.74, 6) is -2.32. The Morgan fingerprint density at radius 1 is 1.11 bits per heavy atom. The van der Waals surface area contributed by atoms with Crippen LogP contribution in [0.5, 0.6) is 0 Å². The lowest BCUT2D eigenvalue weighted by molar-refractivity contribution is -0.153. The number of cyclic esters (lactones) is 1. The zero-order valence-corrected chi connectivity index (χ0v) is 21.0. The highest BCUT2D eigenvalue weighted by Crippen LogP contribution is 2.63. The predicted octanol–water partition coefficient (Wildman–Crippen LogP) is 3.09. The van der Waals surface area contributed by atoms with Crippen molar-refractivity contribution in [2.45, 2.75) is 69.5 Å². The van der Waals surface area contributed by atoms with E-state index in [4.69, 9.17) is 14.2 Å². The van der Waals surface area contributed by atoms with E-state index in [1.54, 1.807) is 6.92 Å². The van der Waals surface area contributed by atoms with E-state index in [0.29, 0.717) is 12.8 Å². The largest absolute Gasteiger partial charge is 0.514 e. The van der Waals surface area contributed by atoms with Crippen LogP contribution in [0.1, 0.15) is 39.7 Å². The molecule has 3 heterocycles. The third-order valence-corrected chi connectivity index (χ3v) is 8.64. The van der Waals surface area contributed by atoms with Crippen molar-refractivity contribution in [3.63, 3.8) is 0 Å². The zero-order valence-electron chi connectivity index (χ0n) is 21.0. The molecule has 0 aromatic heterocycles. The first kappa shape index (κ1) is 24.7. The van der Waals surface area contributed by atoms with Gasteiger partial charge in [-0.3, -0.25) is 9.59 Å². The van der Waals surface area contributed by atoms with Crippen LogP contribution in [0.3, 0.4) is 0 Å². The number of ketones is 1. The van der Waals surface area contributed by atoms with Crippen molar-refractivity contribution in [2.75, 3.05) is 0 Å². The van der Waals surface area contributed by atoms with Gasteiger partial charge >= 0.3 is 6.16 Å². The molecule has 1 aliphatic carbocycles. The second-order valence-corrected chi connectivity index (χ2v) is 11.0. The van der Waals surface area contributed by atoms with Crippen LogP contribution in [0.2, 0.25) is 0 Å². The first-order valence-corrected chi connectivity index (χ1v) is 12.5. The molecule has 3 aliphatic heterocycles. The molecule has 8 heteroatoms. The number of benzene rings is 1. The minimum atomic E-state index is -1.81. The summed E-state index contributed by atoms with van der Waals surface area (Å²) in [6.07, 6.45) is 5.28. The van der Waals surface area contributed by atoms with E-state index in [-0.39, 0.29) is 29.9 Å². The SMILES string of the molecule is C[C@H]1CC=C[C@H]2C3O[C@]3(C)[C@@H](C)[C@H]3[C@H](Cc4ccccc4)NC(=O)[C@]32OC(=O)OC=C[C@@](C)(O)C1=O. The van der Waals surface area contributed by atoms with Gasteiger partial charge < -0.3 is 24.6 Å². The van der Waals surface area contributed by atoms with Crippen molar-refractivity contribution < 1.29 is 33.7 Å². The molecule has 36 heavy (non-hydrogen) atoms. The van der Waals surface area contributed by atoms with Gasteiger partial charge in [-0.2, -0.15) is 0 Å². The standard InChI is InChI=1S/C28H33NO7/c1-16-9-8-12-19-23-27(4,35-23)17(2)21-20(15-18-10-6-5-7-11-18)29-24(31)28(19,21)36-25(32)34-14-13-26(3,33)22(16)30/h5-8,10-14,16-17,19-21,23,33H,9,15H2,1-4H3,(H,29,31)/t16-,17-,19-,20-,21-,23?,26+,27+,28+/m0/s1. The van der Waals surface area contributed by atoms with Gasteiger partial charge in [0.2, 0.25) is 5.60 Å². The lowest BCUT2D eigenvalue weighted by Crippen LogP contribution is -2.61. The van der Waals surface area contributed by atoms with Crippen molar-refractivity contribution in [3.05, 3.63) is 60.4 Å². The van der Waals surface area contributed by atoms with Crippen molar-refractivity contribution in [1.29, 1.82) is 0 Å². The lowest BCUT2D eigenvalue weighted by atomic mass is 9.59. The van der Waals surface area contributed by atoms with E-state index < -0.39 is 40.6 Å². The number of hydrogen-bond donors (Lipinski definition) is 2. The highest BCUT2D eigenvalue weighted by atomic mass is 16.7. The predicted molar refractivity (Wildman–Crippen MR) is 129 cm³/mol. The number of ether oxygens (including phenoxy) is 3. The molecule has 8 nitrogen and oxygen atoms in total. The molecule has 1 aromatic rings. The van der Waals surface area contributed by atoms with Crippen molar-refractivity contribution in [1.82, 2.24) is 5.32 Å². The van der Waals surface area contributed by atoms with E-state index in [1.165, 1.54) is 6.92 Å². The van der Waals surface area contributed by atoms with Gasteiger partial charge in [0, 0.05) is 17.9 Å². The Labute approximate surface area is 210 Å². The Kier molecular flexibility index (Phi) is 5.87. The Morgan fingerprint density at radius 2 is 1.83 bits per heavy atom. The van der Waals surface area contributed by atoms with Gasteiger partial charge in [-0.25, -0.2) is 4.79 Å². The van der Waals surface area contributed by atoms with Crippen LogP contribution >= 0.6 is 0 Å². The molecule has 9 atom stereocenters. The topological polar surface area (TPSA) is 114 Å². The van der Waals surface area contributed by atoms with Crippen LogP contribution in [0.4, 0.5) is 4.79 Å². The zero-order chi connectivity index (χ0) is 25.9. The lowest BCUT2D eigenvalue weighted by Gasteiger charge is -2.45. The average molecular weight is 496 g/mol. The van der Waals surface area contributed by atoms with Gasteiger partial charge in [-0.15, -0.1) is 0 Å². The number of aliphatic hydroxyl groups is 1. The summed E-state index contributed by atoms with van der Waals surface area (Å²) in [6.45, 7) is 7.15. The highest BCUT2D eigenvalue weighted by molar-refractivity contribution is 5.92. The number of Topliss-reactive ketones (excluding diaryl/α,β-unsaturated/α-hetero) is 1. The maximum Gasteiger partial charge on any atom is 0.514 e. The molecule has 0 radical (unpaired) electrons. The number of amides is 1. The first-order valence-electron chi connectivity index (χ1n) is 12.5. The number of allylic oxidation sites excluding steroid dienone is 1. The Balaban J connectivity index is 1.58. The highest BCUT2D eigenvalue weighted by Gasteiger charge is 2.78. The van der Waals surface area contributed by atoms with Crippen molar-refractivity contribution in [3.8, 4) is 0 Å². The monoisotopic (exact) mass is 495 g/mol. The number of hydrogen-bond acceptors (Lipinski definition) is 7. The normalized spacial score (nSPS) is 44.0. The van der Waals surface area contributed by atoms with Crippen LogP contribution in [-0.2, 0) is 30.2 Å². The third-order valence-electron chi connectivity index (χ3n) is 8.64. The van der Waals surface area contributed by atoms with Crippen molar-refractivity contribution in [2.24, 2.45) is 23.7 Å². The molecule has 0 bridgehead atoms. The van der Waals surface area contributed by atoms with Gasteiger partial charge in [0.25, 0.3) is 5.91 Å². The van der Waals surface area contributed by atoms with Gasteiger partial charge in [0.1, 0.15) is 5.60 Å². The molecule has 5 rings (SSSR count). The maximum atomic E-state index is 13.8. The fourth-order valence-corrected chi connectivity index (χ4v) is 6.51. The first-order chi connectivity index (χ1) is 17.0. The fourth-order valence-electron chi connectivity index (χ4n) is 6.51. The number of carbonyl (C=O) groups excluding carboxylic acids is 3. The van der Waals surface area contributed by atoms with E-state index >= 15 is 0 Å². The number of epoxide rings is 1. The molecular formula is C28H33NO7. The summed E-state index contributed by atoms with van der Waals surface area (Å²) < 4.78 is 17.3. The molecule has 2 N–H and O–H groups in total. The third kappa shape index (κ3) is 3.78. The van der Waals surface area contributed by atoms with Crippen LogP contribution < -0.4 is 5.32 Å². The number of fused-ring (bicyclic) bond motifs is 2. The van der Waals surface area contributed by atoms with Crippen LogP contribution in [0.15, 0.2) is 54.8 Å². The van der Waals surface area contributed by atoms with Gasteiger partial charge in [0.15, 0.2) is 5.78 Å². The quantitative estimate of drug-likeness (QED) is 0.368. The summed E-state index contributed by atoms with van der Waals surface area (Å²) in [6, 6.07) is 9.58. The summed E-state index contributed by atoms with van der Waals surface area (Å²) in [4.78, 5) is 39.5. The maximum absolute atomic E-state index is 13.8. The molecule has 2 saturated heterocycles. The van der Waals surface area contributed by atoms with E-state index in [9.17, 15) is 19.5 Å². The van der Waals surface area contributed by atoms with Crippen molar-refractivity contribution >= 4 is 17.8 Å². The molecular weight excluding hydrogens is 462 g/mol. The number of nitrogens with one attached hydrogen (secondary N) is 1. The van der Waals surface area contributed by atoms with Gasteiger partial charge in [-0.1, -0.05) is 56.3 Å². The molecule has 1 saturated carbocycles. The second-order valence-electron chi connectivity index (χ2n) is 11.0. The Hall–Kier alpha value is -2.97. The minimum absolute atomic E-state index is 0.0972. The molecule has 1 amide bonds.